The molecule has 3 N–H and O–H groups in total. The molecule has 2 atom stereocenters. The second-order valence-electron chi connectivity index (χ2n) is 8.90. The molecule has 0 radical (unpaired) electrons. The molecular weight excluding hydrogens is 395 g/mol. The molecule has 7 rings (SSSR count). The number of carboxylic acids is 1. The molecule has 3 fully saturated rings. The predicted octanol–water partition coefficient (Wildman–Crippen LogP) is 4.92. The summed E-state index contributed by atoms with van der Waals surface area (Å²) >= 11 is 0. The Balaban J connectivity index is 1.46. The molecule has 3 aliphatic carbocycles. The number of nitrogens with one attached hydrogen (secondary N) is 2. The van der Waals surface area contributed by atoms with Crippen LogP contribution in [0.25, 0.3) is 27.7 Å². The van der Waals surface area contributed by atoms with E-state index in [-0.39, 0.29) is 23.7 Å². The first-order valence-corrected chi connectivity index (χ1v) is 10.8. The first-order valence-electron chi connectivity index (χ1n) is 10.8. The number of hydrogen-bond acceptors (Lipinski definition) is 3. The van der Waals surface area contributed by atoms with Gasteiger partial charge in [-0.25, -0.2) is 9.37 Å². The van der Waals surface area contributed by atoms with Crippen LogP contribution < -0.4 is 5.32 Å². The van der Waals surface area contributed by atoms with E-state index in [4.69, 9.17) is 0 Å². The highest BCUT2D eigenvalue weighted by Gasteiger charge is 2.47. The fraction of sp³-hybridized carbons (Fsp3) is 0.333. The van der Waals surface area contributed by atoms with E-state index in [1.165, 1.54) is 12.3 Å². The largest absolute Gasteiger partial charge is 0.481 e. The lowest BCUT2D eigenvalue weighted by Gasteiger charge is -2.47. The Morgan fingerprint density at radius 3 is 2.84 bits per heavy atom. The molecule has 0 saturated heterocycles. The van der Waals surface area contributed by atoms with Crippen molar-refractivity contribution in [3.05, 3.63) is 54.9 Å². The highest BCUT2D eigenvalue weighted by atomic mass is 19.1. The number of hydrogen-bond donors (Lipinski definition) is 3. The van der Waals surface area contributed by atoms with Gasteiger partial charge in [-0.05, 0) is 61.8 Å². The van der Waals surface area contributed by atoms with Crippen LogP contribution in [0.4, 0.5) is 10.1 Å². The summed E-state index contributed by atoms with van der Waals surface area (Å²) in [5, 5.41) is 14.3. The molecule has 2 bridgehead atoms. The third kappa shape index (κ3) is 2.91. The second kappa shape index (κ2) is 6.83. The van der Waals surface area contributed by atoms with E-state index >= 15 is 0 Å². The van der Waals surface area contributed by atoms with Crippen molar-refractivity contribution in [1.82, 2.24) is 14.4 Å². The summed E-state index contributed by atoms with van der Waals surface area (Å²) in [6.45, 7) is 0. The van der Waals surface area contributed by atoms with E-state index in [1.807, 2.05) is 41.2 Å². The number of fused-ring (bicyclic) bond motifs is 5. The summed E-state index contributed by atoms with van der Waals surface area (Å²) in [6, 6.07) is 7.45. The summed E-state index contributed by atoms with van der Waals surface area (Å²) in [4.78, 5) is 19.3. The van der Waals surface area contributed by atoms with Crippen LogP contribution in [-0.2, 0) is 4.79 Å². The molecule has 0 aromatic carbocycles. The SMILES string of the molecule is O=C(O)[C@H]1C2CCC(CC2)[C@@H]1Nc1cc(-c2c[nH]c3ncc(F)cc23)cn2cccc12. The Morgan fingerprint density at radius 1 is 1.23 bits per heavy atom. The lowest BCUT2D eigenvalue weighted by atomic mass is 9.61. The first-order chi connectivity index (χ1) is 15.1. The number of aliphatic carboxylic acids is 1. The Labute approximate surface area is 178 Å². The van der Waals surface area contributed by atoms with Crippen molar-refractivity contribution in [3.8, 4) is 11.1 Å². The smallest absolute Gasteiger partial charge is 0.308 e. The van der Waals surface area contributed by atoms with E-state index in [2.05, 4.69) is 15.3 Å². The third-order valence-corrected chi connectivity index (χ3v) is 7.27. The first kappa shape index (κ1) is 18.4. The maximum absolute atomic E-state index is 13.9. The molecule has 0 spiro atoms. The van der Waals surface area contributed by atoms with Crippen molar-refractivity contribution < 1.29 is 14.3 Å². The Morgan fingerprint density at radius 2 is 2.03 bits per heavy atom. The fourth-order valence-corrected chi connectivity index (χ4v) is 5.82. The van der Waals surface area contributed by atoms with Crippen molar-refractivity contribution in [1.29, 1.82) is 0 Å². The van der Waals surface area contributed by atoms with Gasteiger partial charge in [0.15, 0.2) is 0 Å². The Kier molecular flexibility index (Phi) is 4.06. The molecule has 4 aromatic heterocycles. The molecule has 4 aromatic rings. The van der Waals surface area contributed by atoms with E-state index < -0.39 is 5.97 Å². The number of carbonyl (C=O) groups is 1. The van der Waals surface area contributed by atoms with Gasteiger partial charge in [-0.1, -0.05) is 0 Å². The van der Waals surface area contributed by atoms with Gasteiger partial charge < -0.3 is 19.8 Å². The van der Waals surface area contributed by atoms with Crippen molar-refractivity contribution in [2.45, 2.75) is 31.7 Å². The summed E-state index contributed by atoms with van der Waals surface area (Å²) in [5.41, 5.74) is 4.32. The molecule has 0 aliphatic heterocycles. The molecular formula is C24H23FN4O2. The third-order valence-electron chi connectivity index (χ3n) is 7.27. The van der Waals surface area contributed by atoms with Gasteiger partial charge in [-0.2, -0.15) is 0 Å². The lowest BCUT2D eigenvalue weighted by molar-refractivity contribution is -0.148. The fourth-order valence-electron chi connectivity index (χ4n) is 5.82. The van der Waals surface area contributed by atoms with Gasteiger partial charge in [0.1, 0.15) is 11.5 Å². The monoisotopic (exact) mass is 418 g/mol. The summed E-state index contributed by atoms with van der Waals surface area (Å²) in [5.74, 6) is -0.828. The zero-order valence-corrected chi connectivity index (χ0v) is 16.9. The molecule has 3 aliphatic rings. The highest BCUT2D eigenvalue weighted by molar-refractivity contribution is 5.95. The molecule has 3 saturated carbocycles. The van der Waals surface area contributed by atoms with Crippen LogP contribution in [0.2, 0.25) is 0 Å². The number of pyridine rings is 2. The predicted molar refractivity (Wildman–Crippen MR) is 116 cm³/mol. The van der Waals surface area contributed by atoms with Crippen LogP contribution in [0.15, 0.2) is 49.1 Å². The average molecular weight is 418 g/mol. The van der Waals surface area contributed by atoms with Gasteiger partial charge in [0.2, 0.25) is 0 Å². The van der Waals surface area contributed by atoms with Crippen LogP contribution in [0, 0.1) is 23.6 Å². The summed E-state index contributed by atoms with van der Waals surface area (Å²) in [7, 11) is 0. The maximum atomic E-state index is 13.9. The standard InChI is InChI=1S/C24H23FN4O2/c25-16-9-17-18(11-27-23(17)26-10-16)15-8-19(20-2-1-7-29(20)12-15)28-22-14-5-3-13(4-6-14)21(22)24(30)31/h1-2,7-14,21-22,28H,3-6H2,(H,26,27)(H,30,31)/t13?,14?,21-,22-/m0/s1. The van der Waals surface area contributed by atoms with E-state index in [0.717, 1.165) is 53.4 Å². The number of aromatic amines is 1. The van der Waals surface area contributed by atoms with Gasteiger partial charge in [-0.15, -0.1) is 0 Å². The minimum Gasteiger partial charge on any atom is -0.481 e. The molecule has 31 heavy (non-hydrogen) atoms. The maximum Gasteiger partial charge on any atom is 0.308 e. The van der Waals surface area contributed by atoms with E-state index in [1.54, 1.807) is 0 Å². The molecule has 0 unspecified atom stereocenters. The van der Waals surface area contributed by atoms with E-state index in [0.29, 0.717) is 11.6 Å². The number of H-pyrrole nitrogens is 1. The molecule has 0 amide bonds. The number of rotatable bonds is 4. The van der Waals surface area contributed by atoms with Gasteiger partial charge >= 0.3 is 5.97 Å². The molecule has 4 heterocycles. The number of aromatic nitrogens is 3. The molecule has 158 valence electrons. The van der Waals surface area contributed by atoms with Crippen LogP contribution in [-0.4, -0.2) is 31.5 Å². The van der Waals surface area contributed by atoms with Crippen LogP contribution in [0.1, 0.15) is 25.7 Å². The number of nitrogens with zero attached hydrogens (tertiary/aromatic N) is 2. The van der Waals surface area contributed by atoms with E-state index in [9.17, 15) is 14.3 Å². The molecule has 7 heteroatoms. The normalized spacial score (nSPS) is 25.3. The highest BCUT2D eigenvalue weighted by Crippen LogP contribution is 2.47. The zero-order chi connectivity index (χ0) is 21.1. The second-order valence-corrected chi connectivity index (χ2v) is 8.90. The van der Waals surface area contributed by atoms with Gasteiger partial charge in [0.05, 0.1) is 23.3 Å². The summed E-state index contributed by atoms with van der Waals surface area (Å²) in [6.07, 6.45) is 11.2. The topological polar surface area (TPSA) is 82.4 Å². The number of halogens is 1. The quantitative estimate of drug-likeness (QED) is 0.439. The van der Waals surface area contributed by atoms with Gasteiger partial charge in [-0.3, -0.25) is 4.79 Å². The Bertz CT molecular complexity index is 1300. The van der Waals surface area contributed by atoms with Crippen LogP contribution in [0.5, 0.6) is 0 Å². The van der Waals surface area contributed by atoms with Crippen molar-refractivity contribution in [2.24, 2.45) is 17.8 Å². The zero-order valence-electron chi connectivity index (χ0n) is 16.9. The number of anilines is 1. The lowest BCUT2D eigenvalue weighted by Crippen LogP contribution is -2.51. The van der Waals surface area contributed by atoms with Crippen LogP contribution >= 0.6 is 0 Å². The molecule has 6 nitrogen and oxygen atoms in total. The van der Waals surface area contributed by atoms with Gasteiger partial charge in [0, 0.05) is 41.1 Å². The minimum absolute atomic E-state index is 0.0824. The average Bonchev–Trinajstić information content (AvgIpc) is 3.41. The van der Waals surface area contributed by atoms with Crippen molar-refractivity contribution >= 4 is 28.2 Å². The summed E-state index contributed by atoms with van der Waals surface area (Å²) < 4.78 is 15.9. The van der Waals surface area contributed by atoms with Crippen LogP contribution in [0.3, 0.4) is 0 Å². The van der Waals surface area contributed by atoms with Crippen molar-refractivity contribution in [3.63, 3.8) is 0 Å². The number of carboxylic acid groups (broad SMARTS) is 1. The Hall–Kier alpha value is -3.35. The van der Waals surface area contributed by atoms with Crippen molar-refractivity contribution in [2.75, 3.05) is 5.32 Å². The van der Waals surface area contributed by atoms with Gasteiger partial charge in [0.25, 0.3) is 0 Å². The minimum atomic E-state index is -0.701.